The van der Waals surface area contributed by atoms with Gasteiger partial charge in [0.25, 0.3) is 11.8 Å². The Morgan fingerprint density at radius 1 is 0.845 bits per heavy atom. The second-order valence-electron chi connectivity index (χ2n) is 15.9. The monoisotopic (exact) mass is 810 g/mol. The quantitative estimate of drug-likeness (QED) is 0.134. The Hall–Kier alpha value is -5.21. The smallest absolute Gasteiger partial charge is 0.257 e. The molecule has 1 unspecified atom stereocenters. The zero-order valence-electron chi connectivity index (χ0n) is 34.5. The molecule has 13 nitrogen and oxygen atoms in total. The van der Waals surface area contributed by atoms with Crippen molar-refractivity contribution in [3.8, 4) is 28.7 Å². The van der Waals surface area contributed by atoms with E-state index in [9.17, 15) is 9.59 Å². The summed E-state index contributed by atoms with van der Waals surface area (Å²) in [5.74, 6) is 2.27. The highest BCUT2D eigenvalue weighted by molar-refractivity contribution is 7.81. The molecule has 2 aromatic carbocycles. The van der Waals surface area contributed by atoms with Crippen LogP contribution in [0.1, 0.15) is 72.6 Å². The average molecular weight is 811 g/mol. The molecule has 0 aliphatic carbocycles. The summed E-state index contributed by atoms with van der Waals surface area (Å²) < 4.78 is 30.3. The first kappa shape index (κ1) is 41.0. The number of likely N-dealkylation sites (N-methyl/N-ethyl adjacent to an activating group) is 1. The lowest BCUT2D eigenvalue weighted by Gasteiger charge is -2.25. The van der Waals surface area contributed by atoms with Gasteiger partial charge in [-0.25, -0.2) is 0 Å². The number of benzene rings is 2. The molecule has 14 heteroatoms. The number of methoxy groups -OCH3 is 2. The summed E-state index contributed by atoms with van der Waals surface area (Å²) in [5, 5.41) is 3.48. The highest BCUT2D eigenvalue weighted by Gasteiger charge is 2.37. The lowest BCUT2D eigenvalue weighted by Crippen LogP contribution is -2.36. The summed E-state index contributed by atoms with van der Waals surface area (Å²) in [6.07, 6.45) is 7.63. The zero-order chi connectivity index (χ0) is 41.1. The number of nitrogens with one attached hydrogen (secondary N) is 1. The number of hydrogen-bond acceptors (Lipinski definition) is 12. The molecule has 2 fully saturated rings. The molecule has 4 aliphatic heterocycles. The van der Waals surface area contributed by atoms with Crippen molar-refractivity contribution in [2.75, 3.05) is 65.9 Å². The summed E-state index contributed by atoms with van der Waals surface area (Å²) in [4.78, 5) is 42.9. The average Bonchev–Trinajstić information content (AvgIpc) is 3.77. The molecule has 2 saturated heterocycles. The van der Waals surface area contributed by atoms with Crippen LogP contribution in [0.2, 0.25) is 0 Å². The Balaban J connectivity index is 1.11. The minimum Gasteiger partial charge on any atom is -0.493 e. The van der Waals surface area contributed by atoms with Crippen molar-refractivity contribution in [2.45, 2.75) is 70.6 Å². The first-order valence-corrected chi connectivity index (χ1v) is 20.2. The highest BCUT2D eigenvalue weighted by Crippen LogP contribution is 2.40. The number of aromatic nitrogens is 1. The molecule has 58 heavy (non-hydrogen) atoms. The molecular weight excluding hydrogens is 757 g/mol. The minimum atomic E-state index is -0.144. The van der Waals surface area contributed by atoms with Crippen LogP contribution >= 0.6 is 12.6 Å². The third kappa shape index (κ3) is 9.07. The Morgan fingerprint density at radius 2 is 1.47 bits per heavy atom. The molecule has 2 amide bonds. The maximum Gasteiger partial charge on any atom is 0.257 e. The number of pyridine rings is 1. The molecule has 7 rings (SSSR count). The minimum absolute atomic E-state index is 0.0284. The number of thiol groups is 1. The molecule has 3 aromatic rings. The van der Waals surface area contributed by atoms with E-state index in [2.05, 4.69) is 48.8 Å². The number of carbonyl (C=O) groups is 2. The first-order valence-electron chi connectivity index (χ1n) is 19.8. The van der Waals surface area contributed by atoms with Gasteiger partial charge >= 0.3 is 0 Å². The molecular formula is C44H54N6O7S. The number of ether oxygens (including phenoxy) is 5. The van der Waals surface area contributed by atoms with Crippen LogP contribution in [0.15, 0.2) is 64.7 Å². The van der Waals surface area contributed by atoms with Gasteiger partial charge in [-0.05, 0) is 59.7 Å². The third-order valence-electron chi connectivity index (χ3n) is 10.9. The normalized spacial score (nSPS) is 20.0. The van der Waals surface area contributed by atoms with Crippen molar-refractivity contribution in [1.29, 1.82) is 0 Å². The Morgan fingerprint density at radius 3 is 2.12 bits per heavy atom. The Kier molecular flexibility index (Phi) is 12.2. The fourth-order valence-corrected chi connectivity index (χ4v) is 8.21. The number of allylic oxidation sites excluding steroid dienone is 2. The van der Waals surface area contributed by atoms with Gasteiger partial charge in [-0.15, -0.1) is 0 Å². The number of fused-ring (bicyclic) bond motifs is 4. The number of anilines is 1. The fraction of sp³-hybridized carbons (Fsp3) is 0.455. The summed E-state index contributed by atoms with van der Waals surface area (Å²) in [6, 6.07) is 10.7. The topological polar surface area (TPSA) is 127 Å². The van der Waals surface area contributed by atoms with Crippen LogP contribution in [0.3, 0.4) is 0 Å². The molecule has 1 aromatic heterocycles. The fourth-order valence-electron chi connectivity index (χ4n) is 7.97. The number of hydrogen-bond donors (Lipinski definition) is 2. The largest absolute Gasteiger partial charge is 0.493 e. The lowest BCUT2D eigenvalue weighted by atomic mass is 10.1. The van der Waals surface area contributed by atoms with Crippen LogP contribution < -0.4 is 29.0 Å². The van der Waals surface area contributed by atoms with Gasteiger partial charge < -0.3 is 43.7 Å². The molecule has 5 heterocycles. The molecule has 0 spiro atoms. The van der Waals surface area contributed by atoms with Crippen LogP contribution in [0.5, 0.6) is 28.7 Å². The summed E-state index contributed by atoms with van der Waals surface area (Å²) in [6.45, 7) is 12.1. The second-order valence-corrected chi connectivity index (χ2v) is 17.1. The summed E-state index contributed by atoms with van der Waals surface area (Å²) in [7, 11) is 5.16. The summed E-state index contributed by atoms with van der Waals surface area (Å²) >= 11 is 4.68. The molecule has 4 aliphatic rings. The van der Waals surface area contributed by atoms with Gasteiger partial charge in [0, 0.05) is 68.0 Å². The second kappa shape index (κ2) is 17.3. The Labute approximate surface area is 346 Å². The van der Waals surface area contributed by atoms with Gasteiger partial charge in [-0.2, -0.15) is 12.6 Å². The van der Waals surface area contributed by atoms with E-state index >= 15 is 0 Å². The molecule has 0 bridgehead atoms. The van der Waals surface area contributed by atoms with Crippen molar-refractivity contribution < 1.29 is 33.3 Å². The number of amides is 2. The van der Waals surface area contributed by atoms with Crippen LogP contribution in [-0.4, -0.2) is 115 Å². The zero-order valence-corrected chi connectivity index (χ0v) is 35.4. The van der Waals surface area contributed by atoms with E-state index in [-0.39, 0.29) is 41.9 Å². The standard InChI is InChI=1S/C44H54N6O7S/c1-8-27-12-31-20-45-36-18-40(38(53-6)16-34(36)42(51)49(31)22-27)56-24-29-14-33(55-11-10-48(5)26-44(3,4)58)15-30(47-29)25-57-41-19-37-35(17-39(41)54-7)43(52)50-23-28(9-2)13-32(50)21-46-37/h8-9,14-20,31-32,46,58H,10-13,21-26H2,1-7H3/b27-8+,28-9+/t31-,32?/m0/s1. The van der Waals surface area contributed by atoms with E-state index < -0.39 is 0 Å². The van der Waals surface area contributed by atoms with Gasteiger partial charge in [0.1, 0.15) is 25.6 Å². The number of nitrogens with zero attached hydrogens (tertiary/aromatic N) is 5. The van der Waals surface area contributed by atoms with E-state index in [1.54, 1.807) is 32.4 Å². The van der Waals surface area contributed by atoms with Gasteiger partial charge in [0.2, 0.25) is 0 Å². The van der Waals surface area contributed by atoms with Crippen molar-refractivity contribution in [2.24, 2.45) is 4.99 Å². The van der Waals surface area contributed by atoms with Gasteiger partial charge in [0.05, 0.1) is 60.2 Å². The third-order valence-corrected chi connectivity index (χ3v) is 11.1. The van der Waals surface area contributed by atoms with Crippen LogP contribution in [-0.2, 0) is 13.2 Å². The van der Waals surface area contributed by atoms with Crippen LogP contribution in [0.4, 0.5) is 11.4 Å². The van der Waals surface area contributed by atoms with E-state index in [4.69, 9.17) is 33.7 Å². The predicted octanol–water partition coefficient (Wildman–Crippen LogP) is 6.74. The van der Waals surface area contributed by atoms with Gasteiger partial charge in [-0.1, -0.05) is 23.3 Å². The van der Waals surface area contributed by atoms with Crippen molar-refractivity contribution in [3.63, 3.8) is 0 Å². The molecule has 1 N–H and O–H groups in total. The maximum atomic E-state index is 13.7. The first-order chi connectivity index (χ1) is 27.9. The SMILES string of the molecule is C/C=C1\CC2CNc3cc(OCc4cc(OCCN(C)CC(C)(C)S)cc(COc5cc6c(cc5OC)C(=O)N5C/C(=C/C)C[C@H]5C=N6)n4)c(OC)cc3C(=O)N2C1. The van der Waals surface area contributed by atoms with E-state index in [0.717, 1.165) is 19.4 Å². The van der Waals surface area contributed by atoms with Gasteiger partial charge in [-0.3, -0.25) is 19.6 Å². The van der Waals surface area contributed by atoms with Crippen LogP contribution in [0.25, 0.3) is 0 Å². The summed E-state index contributed by atoms with van der Waals surface area (Å²) in [5.41, 5.74) is 5.93. The van der Waals surface area contributed by atoms with E-state index in [1.165, 1.54) is 11.1 Å². The van der Waals surface area contributed by atoms with Crippen LogP contribution in [0, 0.1) is 0 Å². The Bertz CT molecular complexity index is 2150. The number of aliphatic imine (C=N–C) groups is 1. The molecule has 0 radical (unpaired) electrons. The van der Waals surface area contributed by atoms with Gasteiger partial charge in [0.15, 0.2) is 23.0 Å². The highest BCUT2D eigenvalue weighted by atomic mass is 32.1. The van der Waals surface area contributed by atoms with Crippen molar-refractivity contribution in [1.82, 2.24) is 19.7 Å². The van der Waals surface area contributed by atoms with Crippen molar-refractivity contribution in [3.05, 3.63) is 82.2 Å². The van der Waals surface area contributed by atoms with E-state index in [1.807, 2.05) is 55.1 Å². The van der Waals surface area contributed by atoms with E-state index in [0.29, 0.717) is 95.4 Å². The predicted molar refractivity (Wildman–Crippen MR) is 228 cm³/mol. The lowest BCUT2D eigenvalue weighted by molar-refractivity contribution is 0.0750. The van der Waals surface area contributed by atoms with Crippen molar-refractivity contribution >= 4 is 42.0 Å². The molecule has 0 saturated carbocycles. The maximum absolute atomic E-state index is 13.7. The number of carbonyl (C=O) groups excluding carboxylic acids is 2. The molecule has 308 valence electrons. The number of rotatable bonds is 14. The molecule has 2 atom stereocenters.